The summed E-state index contributed by atoms with van der Waals surface area (Å²) in [5, 5.41) is 9.37. The average molecular weight is 285 g/mol. The molecule has 1 rings (SSSR count). The van der Waals surface area contributed by atoms with Crippen LogP contribution in [-0.4, -0.2) is 46.7 Å². The van der Waals surface area contributed by atoms with Gasteiger partial charge in [-0.15, -0.1) is 0 Å². The van der Waals surface area contributed by atoms with E-state index >= 15 is 0 Å². The first-order chi connectivity index (χ1) is 8.95. The topological polar surface area (TPSA) is 49.8 Å². The van der Waals surface area contributed by atoms with Gasteiger partial charge in [0, 0.05) is 17.9 Å². The van der Waals surface area contributed by atoms with Crippen molar-refractivity contribution < 1.29 is 14.1 Å². The van der Waals surface area contributed by atoms with Crippen LogP contribution in [0, 0.1) is 0 Å². The lowest BCUT2D eigenvalue weighted by Crippen LogP contribution is -2.20. The number of rotatable bonds is 7. The highest BCUT2D eigenvalue weighted by molar-refractivity contribution is 7.85. The summed E-state index contributed by atoms with van der Waals surface area (Å²) in [6.07, 6.45) is -0.0164. The quantitative estimate of drug-likeness (QED) is 0.827. The fourth-order valence-electron chi connectivity index (χ4n) is 1.61. The van der Waals surface area contributed by atoms with Gasteiger partial charge in [0.1, 0.15) is 5.75 Å². The average Bonchev–Trinajstić information content (AvgIpc) is 2.35. The van der Waals surface area contributed by atoms with Crippen molar-refractivity contribution in [3.63, 3.8) is 0 Å². The van der Waals surface area contributed by atoms with Crippen molar-refractivity contribution in [3.8, 4) is 5.75 Å². The Morgan fingerprint density at radius 3 is 2.58 bits per heavy atom. The zero-order chi connectivity index (χ0) is 14.4. The molecule has 4 nitrogen and oxygen atoms in total. The number of ether oxygens (including phenoxy) is 1. The van der Waals surface area contributed by atoms with E-state index in [1.54, 1.807) is 6.07 Å². The smallest absolute Gasteiger partial charge is 0.141 e. The fourth-order valence-corrected chi connectivity index (χ4v) is 2.98. The van der Waals surface area contributed by atoms with Crippen LogP contribution in [0.2, 0.25) is 0 Å². The zero-order valence-electron chi connectivity index (χ0n) is 12.0. The Bertz CT molecular complexity index is 433. The second kappa shape index (κ2) is 7.62. The summed E-state index contributed by atoms with van der Waals surface area (Å²) < 4.78 is 18.1. The SMILES string of the molecule is CC(C)Oc1c(CO)cccc1S(=O)CCN(C)C. The standard InChI is InChI=1S/C14H23NO3S/c1-11(2)18-14-12(10-16)6-5-7-13(14)19(17)9-8-15(3)4/h5-7,11,16H,8-10H2,1-4H3. The highest BCUT2D eigenvalue weighted by Crippen LogP contribution is 2.28. The Labute approximate surface area is 117 Å². The third-order valence-corrected chi connectivity index (χ3v) is 3.92. The number of nitrogens with zero attached hydrogens (tertiary/aromatic N) is 1. The molecule has 0 radical (unpaired) electrons. The van der Waals surface area contributed by atoms with Crippen LogP contribution in [0.25, 0.3) is 0 Å². The number of para-hydroxylation sites is 1. The molecule has 0 heterocycles. The third kappa shape index (κ3) is 4.93. The molecule has 0 saturated carbocycles. The van der Waals surface area contributed by atoms with E-state index in [0.717, 1.165) is 6.54 Å². The second-order valence-electron chi connectivity index (χ2n) is 4.92. The maximum absolute atomic E-state index is 12.3. The van der Waals surface area contributed by atoms with Crippen molar-refractivity contribution in [1.29, 1.82) is 0 Å². The number of hydrogen-bond acceptors (Lipinski definition) is 4. The molecule has 0 amide bonds. The van der Waals surface area contributed by atoms with Crippen LogP contribution < -0.4 is 4.74 Å². The van der Waals surface area contributed by atoms with Gasteiger partial charge in [-0.05, 0) is 34.0 Å². The third-order valence-electron chi connectivity index (χ3n) is 2.55. The van der Waals surface area contributed by atoms with Gasteiger partial charge in [0.2, 0.25) is 0 Å². The maximum atomic E-state index is 12.3. The molecule has 108 valence electrons. The minimum Gasteiger partial charge on any atom is -0.489 e. The highest BCUT2D eigenvalue weighted by Gasteiger charge is 2.16. The Hall–Kier alpha value is -0.910. The number of aliphatic hydroxyl groups excluding tert-OH is 1. The molecule has 0 aromatic heterocycles. The second-order valence-corrected chi connectivity index (χ2v) is 6.46. The first kappa shape index (κ1) is 16.1. The van der Waals surface area contributed by atoms with E-state index in [1.165, 1.54) is 0 Å². The van der Waals surface area contributed by atoms with Crippen molar-refractivity contribution >= 4 is 10.8 Å². The largest absolute Gasteiger partial charge is 0.489 e. The monoisotopic (exact) mass is 285 g/mol. The molecule has 0 aliphatic rings. The Balaban J connectivity index is 3.01. The van der Waals surface area contributed by atoms with E-state index in [-0.39, 0.29) is 12.7 Å². The van der Waals surface area contributed by atoms with Crippen LogP contribution in [0.15, 0.2) is 23.1 Å². The molecular weight excluding hydrogens is 262 g/mol. The van der Waals surface area contributed by atoms with Crippen LogP contribution in [0.1, 0.15) is 19.4 Å². The molecule has 1 aromatic carbocycles. The molecule has 1 atom stereocenters. The van der Waals surface area contributed by atoms with Crippen LogP contribution in [0.5, 0.6) is 5.75 Å². The Kier molecular flexibility index (Phi) is 6.48. The lowest BCUT2D eigenvalue weighted by atomic mass is 10.2. The van der Waals surface area contributed by atoms with Gasteiger partial charge in [0.25, 0.3) is 0 Å². The number of hydrogen-bond donors (Lipinski definition) is 1. The minimum absolute atomic E-state index is 0.0164. The van der Waals surface area contributed by atoms with Crippen molar-refractivity contribution in [2.75, 3.05) is 26.4 Å². The lowest BCUT2D eigenvalue weighted by molar-refractivity contribution is 0.220. The molecule has 5 heteroatoms. The van der Waals surface area contributed by atoms with Gasteiger partial charge < -0.3 is 14.7 Å². The first-order valence-electron chi connectivity index (χ1n) is 6.38. The van der Waals surface area contributed by atoms with Crippen LogP contribution in [-0.2, 0) is 17.4 Å². The normalized spacial score (nSPS) is 13.0. The predicted molar refractivity (Wildman–Crippen MR) is 78.0 cm³/mol. The molecule has 0 saturated heterocycles. The molecule has 1 N–H and O–H groups in total. The summed E-state index contributed by atoms with van der Waals surface area (Å²) in [5.74, 6) is 1.12. The van der Waals surface area contributed by atoms with Gasteiger partial charge in [-0.25, -0.2) is 0 Å². The summed E-state index contributed by atoms with van der Waals surface area (Å²) >= 11 is 0. The summed E-state index contributed by atoms with van der Waals surface area (Å²) in [4.78, 5) is 2.67. The first-order valence-corrected chi connectivity index (χ1v) is 7.70. The van der Waals surface area contributed by atoms with Gasteiger partial charge in [-0.3, -0.25) is 4.21 Å². The molecule has 0 aliphatic heterocycles. The zero-order valence-corrected chi connectivity index (χ0v) is 12.9. The van der Waals surface area contributed by atoms with E-state index < -0.39 is 10.8 Å². The molecule has 1 aromatic rings. The van der Waals surface area contributed by atoms with E-state index in [9.17, 15) is 9.32 Å². The predicted octanol–water partition coefficient (Wildman–Crippen LogP) is 1.64. The van der Waals surface area contributed by atoms with Gasteiger partial charge in [0.05, 0.1) is 28.4 Å². The summed E-state index contributed by atoms with van der Waals surface area (Å²) in [6, 6.07) is 5.41. The van der Waals surface area contributed by atoms with Gasteiger partial charge in [-0.1, -0.05) is 12.1 Å². The van der Waals surface area contributed by atoms with Crippen molar-refractivity contribution in [2.24, 2.45) is 0 Å². The maximum Gasteiger partial charge on any atom is 0.141 e. The Morgan fingerprint density at radius 1 is 1.37 bits per heavy atom. The number of benzene rings is 1. The highest BCUT2D eigenvalue weighted by atomic mass is 32.2. The molecular formula is C14H23NO3S. The molecule has 1 unspecified atom stereocenters. The minimum atomic E-state index is -1.12. The summed E-state index contributed by atoms with van der Waals surface area (Å²) in [7, 11) is 2.78. The van der Waals surface area contributed by atoms with E-state index in [0.29, 0.717) is 22.0 Å². The molecule has 0 fully saturated rings. The molecule has 0 spiro atoms. The van der Waals surface area contributed by atoms with Gasteiger partial charge in [-0.2, -0.15) is 0 Å². The van der Waals surface area contributed by atoms with Gasteiger partial charge in [0.15, 0.2) is 0 Å². The summed E-state index contributed by atoms with van der Waals surface area (Å²) in [6.45, 7) is 4.47. The van der Waals surface area contributed by atoms with Gasteiger partial charge >= 0.3 is 0 Å². The van der Waals surface area contributed by atoms with E-state index in [2.05, 4.69) is 0 Å². The molecule has 0 aliphatic carbocycles. The lowest BCUT2D eigenvalue weighted by Gasteiger charge is -2.17. The van der Waals surface area contributed by atoms with Crippen LogP contribution in [0.3, 0.4) is 0 Å². The van der Waals surface area contributed by atoms with E-state index in [4.69, 9.17) is 4.74 Å². The fraction of sp³-hybridized carbons (Fsp3) is 0.571. The van der Waals surface area contributed by atoms with Crippen molar-refractivity contribution in [2.45, 2.75) is 31.5 Å². The Morgan fingerprint density at radius 2 is 2.05 bits per heavy atom. The molecule has 19 heavy (non-hydrogen) atoms. The van der Waals surface area contributed by atoms with Crippen molar-refractivity contribution in [1.82, 2.24) is 4.90 Å². The molecule has 0 bridgehead atoms. The van der Waals surface area contributed by atoms with Crippen LogP contribution in [0.4, 0.5) is 0 Å². The van der Waals surface area contributed by atoms with Crippen molar-refractivity contribution in [3.05, 3.63) is 23.8 Å². The summed E-state index contributed by atoms with van der Waals surface area (Å²) in [5.41, 5.74) is 0.685. The van der Waals surface area contributed by atoms with E-state index in [1.807, 2.05) is 45.0 Å². The van der Waals surface area contributed by atoms with Crippen LogP contribution >= 0.6 is 0 Å². The number of aliphatic hydroxyl groups is 1.